The number of ether oxygens (including phenoxy) is 1. The highest BCUT2D eigenvalue weighted by Crippen LogP contribution is 2.18. The van der Waals surface area contributed by atoms with Gasteiger partial charge in [-0.05, 0) is 17.7 Å². The van der Waals surface area contributed by atoms with Gasteiger partial charge >= 0.3 is 11.7 Å². The lowest BCUT2D eigenvalue weighted by Gasteiger charge is -2.04. The molecule has 7 heteroatoms. The summed E-state index contributed by atoms with van der Waals surface area (Å²) in [6.07, 6.45) is 1.17. The fourth-order valence-electron chi connectivity index (χ4n) is 1.58. The first kappa shape index (κ1) is 12.7. The number of methoxy groups -OCH3 is 1. The van der Waals surface area contributed by atoms with E-state index < -0.39 is 23.0 Å². The molecule has 0 atom stereocenters. The Morgan fingerprint density at radius 2 is 2.05 bits per heavy atom. The second kappa shape index (κ2) is 4.89. The number of carbonyl (C=O) groups is 1. The van der Waals surface area contributed by atoms with Crippen molar-refractivity contribution in [3.63, 3.8) is 0 Å². The summed E-state index contributed by atoms with van der Waals surface area (Å²) < 4.78 is 18.1. The third kappa shape index (κ3) is 2.44. The summed E-state index contributed by atoms with van der Waals surface area (Å²) >= 11 is 0. The van der Waals surface area contributed by atoms with Crippen molar-refractivity contribution in [3.8, 4) is 11.1 Å². The van der Waals surface area contributed by atoms with Crippen LogP contribution in [0.3, 0.4) is 0 Å². The van der Waals surface area contributed by atoms with E-state index in [0.29, 0.717) is 0 Å². The molecule has 0 aliphatic rings. The molecule has 1 aromatic heterocycles. The van der Waals surface area contributed by atoms with Crippen molar-refractivity contribution >= 4 is 5.97 Å². The van der Waals surface area contributed by atoms with Gasteiger partial charge in [-0.25, -0.2) is 14.0 Å². The molecule has 0 saturated carbocycles. The molecular weight excluding hydrogens is 255 g/mol. The minimum absolute atomic E-state index is 0.0925. The molecule has 19 heavy (non-hydrogen) atoms. The standard InChI is InChI=1S/C12H9FN2O4/c1-19-11(17)7-3-2-6(4-9(7)13)8-5-14-12(18)15-10(8)16/h2-5H,1H3,(H2,14,15,16,18). The third-order valence-electron chi connectivity index (χ3n) is 2.50. The number of rotatable bonds is 2. The highest BCUT2D eigenvalue weighted by Gasteiger charge is 2.14. The number of esters is 1. The van der Waals surface area contributed by atoms with Gasteiger partial charge in [0.05, 0.1) is 18.2 Å². The van der Waals surface area contributed by atoms with Crippen molar-refractivity contribution in [1.29, 1.82) is 0 Å². The minimum Gasteiger partial charge on any atom is -0.465 e. The van der Waals surface area contributed by atoms with Gasteiger partial charge in [0.25, 0.3) is 5.56 Å². The maximum Gasteiger partial charge on any atom is 0.340 e. The van der Waals surface area contributed by atoms with Crippen molar-refractivity contribution in [2.75, 3.05) is 7.11 Å². The lowest BCUT2D eigenvalue weighted by atomic mass is 10.1. The largest absolute Gasteiger partial charge is 0.465 e. The van der Waals surface area contributed by atoms with E-state index in [-0.39, 0.29) is 16.7 Å². The average molecular weight is 264 g/mol. The fourth-order valence-corrected chi connectivity index (χ4v) is 1.58. The van der Waals surface area contributed by atoms with Gasteiger partial charge in [-0.1, -0.05) is 6.07 Å². The molecule has 1 heterocycles. The Hall–Kier alpha value is -2.70. The monoisotopic (exact) mass is 264 g/mol. The van der Waals surface area contributed by atoms with Gasteiger partial charge in [0.2, 0.25) is 0 Å². The van der Waals surface area contributed by atoms with Crippen LogP contribution in [0.1, 0.15) is 10.4 Å². The van der Waals surface area contributed by atoms with E-state index >= 15 is 0 Å². The van der Waals surface area contributed by atoms with Crippen LogP contribution in [0, 0.1) is 5.82 Å². The van der Waals surface area contributed by atoms with E-state index in [4.69, 9.17) is 0 Å². The molecule has 1 aromatic carbocycles. The molecule has 0 aliphatic carbocycles. The van der Waals surface area contributed by atoms with Crippen LogP contribution in [-0.2, 0) is 4.74 Å². The SMILES string of the molecule is COC(=O)c1ccc(-c2c[nH]c(=O)[nH]c2=O)cc1F. The van der Waals surface area contributed by atoms with Gasteiger partial charge in [-0.2, -0.15) is 0 Å². The smallest absolute Gasteiger partial charge is 0.340 e. The molecule has 0 spiro atoms. The van der Waals surface area contributed by atoms with Crippen LogP contribution in [0.15, 0.2) is 34.0 Å². The Kier molecular flexibility index (Phi) is 3.28. The van der Waals surface area contributed by atoms with E-state index in [1.165, 1.54) is 18.3 Å². The average Bonchev–Trinajstić information content (AvgIpc) is 2.37. The van der Waals surface area contributed by atoms with Crippen molar-refractivity contribution in [3.05, 3.63) is 56.6 Å². The maximum absolute atomic E-state index is 13.7. The molecule has 0 aliphatic heterocycles. The van der Waals surface area contributed by atoms with Gasteiger partial charge in [0.15, 0.2) is 0 Å². The van der Waals surface area contributed by atoms with Crippen molar-refractivity contribution < 1.29 is 13.9 Å². The lowest BCUT2D eigenvalue weighted by Crippen LogP contribution is -2.22. The highest BCUT2D eigenvalue weighted by atomic mass is 19.1. The molecule has 98 valence electrons. The number of nitrogens with one attached hydrogen (secondary N) is 2. The summed E-state index contributed by atoms with van der Waals surface area (Å²) in [4.78, 5) is 37.9. The summed E-state index contributed by atoms with van der Waals surface area (Å²) in [6.45, 7) is 0. The first-order valence-electron chi connectivity index (χ1n) is 5.23. The predicted molar refractivity (Wildman–Crippen MR) is 64.4 cm³/mol. The Bertz CT molecular complexity index is 748. The zero-order valence-corrected chi connectivity index (χ0v) is 9.82. The first-order chi connectivity index (χ1) is 9.02. The second-order valence-corrected chi connectivity index (χ2v) is 3.67. The molecule has 0 amide bonds. The van der Waals surface area contributed by atoms with Crippen LogP contribution >= 0.6 is 0 Å². The first-order valence-corrected chi connectivity index (χ1v) is 5.23. The summed E-state index contributed by atoms with van der Waals surface area (Å²) in [7, 11) is 1.14. The number of hydrogen-bond donors (Lipinski definition) is 2. The number of hydrogen-bond acceptors (Lipinski definition) is 4. The normalized spacial score (nSPS) is 10.2. The van der Waals surface area contributed by atoms with Crippen molar-refractivity contribution in [2.45, 2.75) is 0 Å². The van der Waals surface area contributed by atoms with E-state index in [9.17, 15) is 18.8 Å². The molecule has 0 unspecified atom stereocenters. The number of carbonyl (C=O) groups excluding carboxylic acids is 1. The Morgan fingerprint density at radius 3 is 2.63 bits per heavy atom. The zero-order valence-electron chi connectivity index (χ0n) is 9.82. The van der Waals surface area contributed by atoms with E-state index in [2.05, 4.69) is 9.72 Å². The Balaban J connectivity index is 2.53. The molecule has 2 rings (SSSR count). The number of aromatic amines is 2. The Labute approximate surface area is 105 Å². The predicted octanol–water partition coefficient (Wildman–Crippen LogP) is 0.656. The van der Waals surface area contributed by atoms with Crippen LogP contribution in [0.5, 0.6) is 0 Å². The van der Waals surface area contributed by atoms with Gasteiger partial charge in [-0.3, -0.25) is 9.78 Å². The molecule has 0 bridgehead atoms. The van der Waals surface area contributed by atoms with Crippen LogP contribution in [0.2, 0.25) is 0 Å². The molecule has 6 nitrogen and oxygen atoms in total. The van der Waals surface area contributed by atoms with Gasteiger partial charge in [0.1, 0.15) is 5.82 Å². The molecular formula is C12H9FN2O4. The van der Waals surface area contributed by atoms with Crippen LogP contribution < -0.4 is 11.2 Å². The van der Waals surface area contributed by atoms with E-state index in [1.807, 2.05) is 4.98 Å². The molecule has 0 radical (unpaired) electrons. The second-order valence-electron chi connectivity index (χ2n) is 3.67. The van der Waals surface area contributed by atoms with Crippen molar-refractivity contribution in [2.24, 2.45) is 0 Å². The third-order valence-corrected chi connectivity index (χ3v) is 2.50. The topological polar surface area (TPSA) is 92.0 Å². The number of benzene rings is 1. The molecule has 0 saturated heterocycles. The number of aromatic nitrogens is 2. The number of H-pyrrole nitrogens is 2. The maximum atomic E-state index is 13.7. The van der Waals surface area contributed by atoms with E-state index in [0.717, 1.165) is 13.2 Å². The van der Waals surface area contributed by atoms with Crippen LogP contribution in [0.25, 0.3) is 11.1 Å². The van der Waals surface area contributed by atoms with Gasteiger partial charge < -0.3 is 9.72 Å². The molecule has 0 fully saturated rings. The van der Waals surface area contributed by atoms with Gasteiger partial charge in [-0.15, -0.1) is 0 Å². The molecule has 2 N–H and O–H groups in total. The summed E-state index contributed by atoms with van der Waals surface area (Å²) in [5, 5.41) is 0. The summed E-state index contributed by atoms with van der Waals surface area (Å²) in [5.41, 5.74) is -1.20. The Morgan fingerprint density at radius 1 is 1.32 bits per heavy atom. The fraction of sp³-hybridized carbons (Fsp3) is 0.0833. The molecule has 2 aromatic rings. The number of halogens is 1. The van der Waals surface area contributed by atoms with Crippen LogP contribution in [0.4, 0.5) is 4.39 Å². The van der Waals surface area contributed by atoms with Crippen molar-refractivity contribution in [1.82, 2.24) is 9.97 Å². The summed E-state index contributed by atoms with van der Waals surface area (Å²) in [6, 6.07) is 3.62. The van der Waals surface area contributed by atoms with Gasteiger partial charge in [0, 0.05) is 6.20 Å². The minimum atomic E-state index is -0.810. The lowest BCUT2D eigenvalue weighted by molar-refractivity contribution is 0.0595. The van der Waals surface area contributed by atoms with Crippen LogP contribution in [-0.4, -0.2) is 23.0 Å². The summed E-state index contributed by atoms with van der Waals surface area (Å²) in [5.74, 6) is -1.62. The zero-order chi connectivity index (χ0) is 14.0. The van der Waals surface area contributed by atoms with E-state index in [1.54, 1.807) is 0 Å². The highest BCUT2D eigenvalue weighted by molar-refractivity contribution is 5.90. The quantitative estimate of drug-likeness (QED) is 0.779.